The SMILES string of the molecule is NC1c2ccccc2CCc2cnccc21. The summed E-state index contributed by atoms with van der Waals surface area (Å²) < 4.78 is 0. The Bertz CT molecular complexity index is 472. The Morgan fingerprint density at radius 3 is 2.69 bits per heavy atom. The molecule has 2 aromatic rings. The van der Waals surface area contributed by atoms with Crippen LogP contribution in [0, 0.1) is 0 Å². The van der Waals surface area contributed by atoms with Crippen molar-refractivity contribution in [2.45, 2.75) is 18.9 Å². The standard InChI is InChI=1S/C14H14N2/c15-14-12-4-2-1-3-10(12)5-6-11-9-16-8-7-13(11)14/h1-4,7-9,14H,5-6,15H2. The van der Waals surface area contributed by atoms with Gasteiger partial charge < -0.3 is 5.73 Å². The first kappa shape index (κ1) is 9.55. The van der Waals surface area contributed by atoms with E-state index >= 15 is 0 Å². The molecule has 1 unspecified atom stereocenters. The van der Waals surface area contributed by atoms with Gasteiger partial charge in [0.05, 0.1) is 6.04 Å². The number of aromatic nitrogens is 1. The predicted octanol–water partition coefficient (Wildman–Crippen LogP) is 2.23. The van der Waals surface area contributed by atoms with Crippen molar-refractivity contribution >= 4 is 0 Å². The zero-order valence-electron chi connectivity index (χ0n) is 9.06. The second-order valence-electron chi connectivity index (χ2n) is 4.25. The van der Waals surface area contributed by atoms with E-state index in [4.69, 9.17) is 5.73 Å². The van der Waals surface area contributed by atoms with E-state index in [0.717, 1.165) is 12.8 Å². The summed E-state index contributed by atoms with van der Waals surface area (Å²) in [7, 11) is 0. The Morgan fingerprint density at radius 1 is 1.00 bits per heavy atom. The molecule has 1 aromatic heterocycles. The highest BCUT2D eigenvalue weighted by molar-refractivity contribution is 5.42. The van der Waals surface area contributed by atoms with Crippen LogP contribution in [0.1, 0.15) is 28.3 Å². The summed E-state index contributed by atoms with van der Waals surface area (Å²) in [6, 6.07) is 10.5. The predicted molar refractivity (Wildman–Crippen MR) is 64.1 cm³/mol. The summed E-state index contributed by atoms with van der Waals surface area (Å²) in [5.41, 5.74) is 11.5. The van der Waals surface area contributed by atoms with Crippen molar-refractivity contribution in [2.75, 3.05) is 0 Å². The molecule has 1 atom stereocenters. The average Bonchev–Trinajstić information content (AvgIpc) is 2.49. The first-order chi connectivity index (χ1) is 7.86. The molecule has 0 fully saturated rings. The van der Waals surface area contributed by atoms with Crippen molar-refractivity contribution in [1.82, 2.24) is 4.98 Å². The molecule has 0 saturated carbocycles. The van der Waals surface area contributed by atoms with Gasteiger partial charge in [-0.15, -0.1) is 0 Å². The van der Waals surface area contributed by atoms with Gasteiger partial charge in [-0.25, -0.2) is 0 Å². The number of pyridine rings is 1. The second-order valence-corrected chi connectivity index (χ2v) is 4.25. The lowest BCUT2D eigenvalue weighted by molar-refractivity contribution is 0.859. The van der Waals surface area contributed by atoms with Crippen LogP contribution in [-0.4, -0.2) is 4.98 Å². The van der Waals surface area contributed by atoms with Crippen LogP contribution in [0.5, 0.6) is 0 Å². The highest BCUT2D eigenvalue weighted by Gasteiger charge is 2.19. The Morgan fingerprint density at radius 2 is 1.75 bits per heavy atom. The number of hydrogen-bond acceptors (Lipinski definition) is 2. The minimum Gasteiger partial charge on any atom is -0.320 e. The zero-order chi connectivity index (χ0) is 11.0. The molecule has 0 amide bonds. The normalized spacial score (nSPS) is 18.4. The molecule has 1 heterocycles. The van der Waals surface area contributed by atoms with Crippen molar-refractivity contribution in [3.05, 3.63) is 65.0 Å². The number of nitrogens with zero attached hydrogens (tertiary/aromatic N) is 1. The van der Waals surface area contributed by atoms with E-state index in [9.17, 15) is 0 Å². The molecule has 0 bridgehead atoms. The second kappa shape index (κ2) is 3.72. The lowest BCUT2D eigenvalue weighted by Crippen LogP contribution is -2.13. The van der Waals surface area contributed by atoms with Gasteiger partial charge in [-0.3, -0.25) is 4.98 Å². The van der Waals surface area contributed by atoms with Crippen LogP contribution in [0.2, 0.25) is 0 Å². The summed E-state index contributed by atoms with van der Waals surface area (Å²) in [4.78, 5) is 4.18. The van der Waals surface area contributed by atoms with E-state index in [2.05, 4.69) is 29.2 Å². The van der Waals surface area contributed by atoms with Crippen LogP contribution in [-0.2, 0) is 12.8 Å². The largest absolute Gasteiger partial charge is 0.320 e. The Balaban J connectivity index is 2.18. The van der Waals surface area contributed by atoms with Crippen LogP contribution < -0.4 is 5.73 Å². The number of benzene rings is 1. The fourth-order valence-corrected chi connectivity index (χ4v) is 2.45. The van der Waals surface area contributed by atoms with Gasteiger partial charge >= 0.3 is 0 Å². The molecule has 0 radical (unpaired) electrons. The van der Waals surface area contributed by atoms with E-state index < -0.39 is 0 Å². The third-order valence-electron chi connectivity index (χ3n) is 3.33. The lowest BCUT2D eigenvalue weighted by Gasteiger charge is -2.14. The molecule has 1 aliphatic carbocycles. The van der Waals surface area contributed by atoms with Gasteiger partial charge in [0.25, 0.3) is 0 Å². The molecule has 16 heavy (non-hydrogen) atoms. The minimum absolute atomic E-state index is 0.00306. The number of hydrogen-bond donors (Lipinski definition) is 1. The molecular formula is C14H14N2. The maximum Gasteiger partial charge on any atom is 0.0558 e. The molecule has 0 aliphatic heterocycles. The van der Waals surface area contributed by atoms with Crippen molar-refractivity contribution in [2.24, 2.45) is 5.73 Å². The smallest absolute Gasteiger partial charge is 0.0558 e. The van der Waals surface area contributed by atoms with Gasteiger partial charge in [-0.05, 0) is 41.2 Å². The molecule has 2 N–H and O–H groups in total. The van der Waals surface area contributed by atoms with Gasteiger partial charge in [0.1, 0.15) is 0 Å². The lowest BCUT2D eigenvalue weighted by atomic mass is 9.97. The van der Waals surface area contributed by atoms with E-state index in [1.807, 2.05) is 18.5 Å². The fraction of sp³-hybridized carbons (Fsp3) is 0.214. The highest BCUT2D eigenvalue weighted by Crippen LogP contribution is 2.29. The van der Waals surface area contributed by atoms with Crippen LogP contribution in [0.15, 0.2) is 42.7 Å². The zero-order valence-corrected chi connectivity index (χ0v) is 9.06. The summed E-state index contributed by atoms with van der Waals surface area (Å²) >= 11 is 0. The molecule has 2 nitrogen and oxygen atoms in total. The third kappa shape index (κ3) is 1.42. The third-order valence-corrected chi connectivity index (χ3v) is 3.33. The maximum atomic E-state index is 6.33. The first-order valence-corrected chi connectivity index (χ1v) is 5.62. The van der Waals surface area contributed by atoms with Gasteiger partial charge in [0, 0.05) is 12.4 Å². The van der Waals surface area contributed by atoms with Crippen LogP contribution >= 0.6 is 0 Å². The summed E-state index contributed by atoms with van der Waals surface area (Å²) in [6.07, 6.45) is 5.87. The van der Waals surface area contributed by atoms with Gasteiger partial charge in [-0.2, -0.15) is 0 Å². The Labute approximate surface area is 95.1 Å². The number of fused-ring (bicyclic) bond motifs is 2. The van der Waals surface area contributed by atoms with Crippen LogP contribution in [0.25, 0.3) is 0 Å². The minimum atomic E-state index is -0.00306. The molecule has 0 spiro atoms. The average molecular weight is 210 g/mol. The summed E-state index contributed by atoms with van der Waals surface area (Å²) in [5, 5.41) is 0. The van der Waals surface area contributed by atoms with E-state index in [-0.39, 0.29) is 6.04 Å². The van der Waals surface area contributed by atoms with E-state index in [1.165, 1.54) is 22.3 Å². The highest BCUT2D eigenvalue weighted by atomic mass is 14.7. The Hall–Kier alpha value is -1.67. The topological polar surface area (TPSA) is 38.9 Å². The fourth-order valence-electron chi connectivity index (χ4n) is 2.45. The molecule has 0 saturated heterocycles. The molecule has 2 heteroatoms. The van der Waals surface area contributed by atoms with Gasteiger partial charge in [-0.1, -0.05) is 24.3 Å². The summed E-state index contributed by atoms with van der Waals surface area (Å²) in [5.74, 6) is 0. The van der Waals surface area contributed by atoms with Crippen molar-refractivity contribution < 1.29 is 0 Å². The number of aryl methyl sites for hydroxylation is 2. The summed E-state index contributed by atoms with van der Waals surface area (Å²) in [6.45, 7) is 0. The number of rotatable bonds is 0. The van der Waals surface area contributed by atoms with E-state index in [1.54, 1.807) is 0 Å². The maximum absolute atomic E-state index is 6.33. The first-order valence-electron chi connectivity index (χ1n) is 5.62. The van der Waals surface area contributed by atoms with Crippen LogP contribution in [0.3, 0.4) is 0 Å². The number of nitrogens with two attached hydrogens (primary N) is 1. The molecule has 1 aliphatic rings. The van der Waals surface area contributed by atoms with Gasteiger partial charge in [0.2, 0.25) is 0 Å². The van der Waals surface area contributed by atoms with Gasteiger partial charge in [0.15, 0.2) is 0 Å². The molecular weight excluding hydrogens is 196 g/mol. The monoisotopic (exact) mass is 210 g/mol. The molecule has 3 rings (SSSR count). The Kier molecular flexibility index (Phi) is 2.22. The molecule has 80 valence electrons. The molecule has 1 aromatic carbocycles. The van der Waals surface area contributed by atoms with Crippen molar-refractivity contribution in [3.63, 3.8) is 0 Å². The van der Waals surface area contributed by atoms with Crippen LogP contribution in [0.4, 0.5) is 0 Å². The van der Waals surface area contributed by atoms with Crippen molar-refractivity contribution in [1.29, 1.82) is 0 Å². The quantitative estimate of drug-likeness (QED) is 0.724. The van der Waals surface area contributed by atoms with E-state index in [0.29, 0.717) is 0 Å². The van der Waals surface area contributed by atoms with Crippen molar-refractivity contribution in [3.8, 4) is 0 Å².